The fraction of sp³-hybridized carbons (Fsp3) is 0.227. The number of nitro benzene ring substituents is 1. The Morgan fingerprint density at radius 2 is 1.81 bits per heavy atom. The zero-order chi connectivity index (χ0) is 26.0. The molecule has 188 valence electrons. The van der Waals surface area contributed by atoms with Crippen molar-refractivity contribution >= 4 is 66.6 Å². The third kappa shape index (κ3) is 5.60. The van der Waals surface area contributed by atoms with Crippen molar-refractivity contribution in [1.29, 1.82) is 0 Å². The fourth-order valence-electron chi connectivity index (χ4n) is 3.56. The minimum Gasteiger partial charge on any atom is -0.378 e. The molecule has 11 nitrogen and oxygen atoms in total. The van der Waals surface area contributed by atoms with Crippen molar-refractivity contribution in [1.82, 2.24) is 9.80 Å². The number of likely N-dealkylation sites (tertiary alicyclic amines) is 1. The first-order valence-corrected chi connectivity index (χ1v) is 13.6. The number of hydrogen-bond acceptors (Lipinski definition) is 9. The number of benzene rings is 2. The number of imide groups is 1. The van der Waals surface area contributed by atoms with Gasteiger partial charge in [-0.3, -0.25) is 29.4 Å². The molecule has 2 aliphatic rings. The second-order valence-corrected chi connectivity index (χ2v) is 11.2. The van der Waals surface area contributed by atoms with Crippen LogP contribution in [-0.4, -0.2) is 59.8 Å². The van der Waals surface area contributed by atoms with E-state index in [0.29, 0.717) is 18.7 Å². The second kappa shape index (κ2) is 10.4. The number of nitrogens with zero attached hydrogens (tertiary/aromatic N) is 3. The zero-order valence-corrected chi connectivity index (χ0v) is 21.7. The Hall–Kier alpha value is -3.23. The molecule has 2 saturated heterocycles. The van der Waals surface area contributed by atoms with E-state index in [1.54, 1.807) is 4.90 Å². The van der Waals surface area contributed by atoms with E-state index in [1.807, 2.05) is 0 Å². The summed E-state index contributed by atoms with van der Waals surface area (Å²) in [6, 6.07) is 8.61. The first-order valence-electron chi connectivity index (χ1n) is 10.6. The molecule has 0 bridgehead atoms. The molecular formula is C22H18BrN3O8S2. The van der Waals surface area contributed by atoms with Crippen LogP contribution < -0.4 is 4.18 Å². The normalized spacial score (nSPS) is 17.2. The Balaban J connectivity index is 1.47. The lowest BCUT2D eigenvalue weighted by atomic mass is 10.2. The van der Waals surface area contributed by atoms with Crippen LogP contribution in [0.5, 0.6) is 5.75 Å². The minimum absolute atomic E-state index is 0.0465. The fourth-order valence-corrected chi connectivity index (χ4v) is 5.93. The molecule has 0 atom stereocenters. The van der Waals surface area contributed by atoms with Gasteiger partial charge in [0.05, 0.1) is 14.3 Å². The topological polar surface area (TPSA) is 144 Å². The molecule has 4 rings (SSSR count). The molecule has 2 aliphatic heterocycles. The number of halogens is 1. The van der Waals surface area contributed by atoms with Gasteiger partial charge >= 0.3 is 10.1 Å². The third-order valence-corrected chi connectivity index (χ3v) is 8.19. The molecule has 14 heteroatoms. The van der Waals surface area contributed by atoms with E-state index in [2.05, 4.69) is 15.9 Å². The van der Waals surface area contributed by atoms with E-state index in [1.165, 1.54) is 24.3 Å². The molecule has 0 saturated carbocycles. The summed E-state index contributed by atoms with van der Waals surface area (Å²) in [6.07, 6.45) is 3.26. The van der Waals surface area contributed by atoms with Crippen molar-refractivity contribution in [3.63, 3.8) is 0 Å². The lowest BCUT2D eigenvalue weighted by molar-refractivity contribution is -0.384. The van der Waals surface area contributed by atoms with Crippen LogP contribution in [0.2, 0.25) is 0 Å². The van der Waals surface area contributed by atoms with Crippen LogP contribution in [0.25, 0.3) is 6.08 Å². The van der Waals surface area contributed by atoms with Gasteiger partial charge in [-0.1, -0.05) is 6.07 Å². The minimum atomic E-state index is -4.27. The summed E-state index contributed by atoms with van der Waals surface area (Å²) in [5.74, 6) is -0.890. The molecular weight excluding hydrogens is 578 g/mol. The maximum atomic E-state index is 12.7. The van der Waals surface area contributed by atoms with E-state index >= 15 is 0 Å². The predicted octanol–water partition coefficient (Wildman–Crippen LogP) is 3.78. The summed E-state index contributed by atoms with van der Waals surface area (Å²) in [5.41, 5.74) is 0.225. The van der Waals surface area contributed by atoms with Crippen LogP contribution in [0.4, 0.5) is 10.5 Å². The summed E-state index contributed by atoms with van der Waals surface area (Å²) >= 11 is 3.95. The first-order chi connectivity index (χ1) is 17.0. The van der Waals surface area contributed by atoms with Gasteiger partial charge in [-0.2, -0.15) is 8.42 Å². The number of amides is 3. The predicted molar refractivity (Wildman–Crippen MR) is 134 cm³/mol. The Morgan fingerprint density at radius 3 is 2.42 bits per heavy atom. The van der Waals surface area contributed by atoms with Crippen molar-refractivity contribution < 1.29 is 31.9 Å². The Labute approximate surface area is 218 Å². The Morgan fingerprint density at radius 1 is 1.14 bits per heavy atom. The largest absolute Gasteiger partial charge is 0.378 e. The summed E-state index contributed by atoms with van der Waals surface area (Å²) < 4.78 is 30.5. The van der Waals surface area contributed by atoms with Crippen LogP contribution in [0, 0.1) is 10.1 Å². The van der Waals surface area contributed by atoms with Crippen molar-refractivity contribution in [2.24, 2.45) is 0 Å². The van der Waals surface area contributed by atoms with Crippen molar-refractivity contribution in [3.05, 3.63) is 67.5 Å². The molecule has 36 heavy (non-hydrogen) atoms. The molecule has 0 spiro atoms. The smallest absolute Gasteiger partial charge is 0.339 e. The first kappa shape index (κ1) is 25.9. The molecule has 2 aromatic carbocycles. The molecule has 2 aromatic rings. The third-order valence-electron chi connectivity index (χ3n) is 5.42. The van der Waals surface area contributed by atoms with Crippen LogP contribution in [-0.2, 0) is 19.7 Å². The summed E-state index contributed by atoms with van der Waals surface area (Å²) in [4.78, 5) is 49.9. The molecule has 0 aromatic heterocycles. The highest BCUT2D eigenvalue weighted by Gasteiger charge is 2.37. The highest BCUT2D eigenvalue weighted by atomic mass is 79.9. The van der Waals surface area contributed by atoms with Gasteiger partial charge in [0.15, 0.2) is 5.75 Å². The van der Waals surface area contributed by atoms with E-state index in [9.17, 15) is 32.9 Å². The SMILES string of the molecule is O=C(CN1C(=O)S/C(=C\c2ccc(OS(=O)(=O)c3ccc([N+](=O)[O-])cc3)c(Br)c2)C1=O)N1CCCC1. The molecule has 2 fully saturated rings. The molecule has 0 radical (unpaired) electrons. The Kier molecular flexibility index (Phi) is 7.47. The number of hydrogen-bond donors (Lipinski definition) is 0. The van der Waals surface area contributed by atoms with Crippen molar-refractivity contribution in [2.75, 3.05) is 19.6 Å². The van der Waals surface area contributed by atoms with Gasteiger partial charge in [-0.25, -0.2) is 0 Å². The maximum absolute atomic E-state index is 12.7. The van der Waals surface area contributed by atoms with Crippen LogP contribution in [0.15, 0.2) is 56.7 Å². The van der Waals surface area contributed by atoms with Gasteiger partial charge in [0.25, 0.3) is 16.8 Å². The standard InChI is InChI=1S/C22H18BrN3O8S2/c23-17-11-14(3-8-18(17)34-36(32,33)16-6-4-15(5-7-16)26(30)31)12-19-21(28)25(22(29)35-19)13-20(27)24-9-1-2-10-24/h3-8,11-12H,1-2,9-10,13H2/b19-12-. The van der Waals surface area contributed by atoms with Crippen LogP contribution >= 0.6 is 27.7 Å². The quantitative estimate of drug-likeness (QED) is 0.202. The lowest BCUT2D eigenvalue weighted by Crippen LogP contribution is -2.40. The molecule has 3 amide bonds. The highest BCUT2D eigenvalue weighted by molar-refractivity contribution is 9.10. The van der Waals surface area contributed by atoms with Crippen molar-refractivity contribution in [2.45, 2.75) is 17.7 Å². The number of rotatable bonds is 7. The van der Waals surface area contributed by atoms with E-state index in [4.69, 9.17) is 4.18 Å². The molecule has 2 heterocycles. The average Bonchev–Trinajstić information content (AvgIpc) is 3.46. The maximum Gasteiger partial charge on any atom is 0.339 e. The van der Waals surface area contributed by atoms with Crippen molar-refractivity contribution in [3.8, 4) is 5.75 Å². The van der Waals surface area contributed by atoms with Gasteiger partial charge < -0.3 is 9.08 Å². The monoisotopic (exact) mass is 595 g/mol. The van der Waals surface area contributed by atoms with Gasteiger partial charge in [0.2, 0.25) is 5.91 Å². The average molecular weight is 596 g/mol. The van der Waals surface area contributed by atoms with E-state index in [-0.39, 0.29) is 38.2 Å². The number of thioether (sulfide) groups is 1. The number of carbonyl (C=O) groups excluding carboxylic acids is 3. The highest BCUT2D eigenvalue weighted by Crippen LogP contribution is 2.34. The van der Waals surface area contributed by atoms with Crippen LogP contribution in [0.1, 0.15) is 18.4 Å². The Bertz CT molecular complexity index is 1390. The van der Waals surface area contributed by atoms with E-state index < -0.39 is 26.2 Å². The molecule has 0 unspecified atom stereocenters. The van der Waals surface area contributed by atoms with Crippen LogP contribution in [0.3, 0.4) is 0 Å². The number of nitro groups is 1. The summed E-state index contributed by atoms with van der Waals surface area (Å²) in [7, 11) is -4.27. The van der Waals surface area contributed by atoms with Gasteiger partial charge in [-0.05, 0) is 76.4 Å². The lowest BCUT2D eigenvalue weighted by Gasteiger charge is -2.18. The summed E-state index contributed by atoms with van der Waals surface area (Å²) in [5, 5.41) is 10.2. The second-order valence-electron chi connectivity index (χ2n) is 7.83. The number of carbonyl (C=O) groups is 3. The molecule has 0 aliphatic carbocycles. The number of non-ortho nitro benzene ring substituents is 1. The van der Waals surface area contributed by atoms with E-state index in [0.717, 1.165) is 53.8 Å². The summed E-state index contributed by atoms with van der Waals surface area (Å²) in [6.45, 7) is 0.930. The zero-order valence-electron chi connectivity index (χ0n) is 18.5. The van der Waals surface area contributed by atoms with Gasteiger partial charge in [-0.15, -0.1) is 0 Å². The van der Waals surface area contributed by atoms with Gasteiger partial charge in [0, 0.05) is 25.2 Å². The van der Waals surface area contributed by atoms with Gasteiger partial charge in [0.1, 0.15) is 11.4 Å². The molecule has 0 N–H and O–H groups in total.